The molecule has 2 aliphatic rings. The molecule has 0 spiro atoms. The summed E-state index contributed by atoms with van der Waals surface area (Å²) in [6, 6.07) is 9.59. The average molecular weight is 381 g/mol. The van der Waals surface area contributed by atoms with Crippen LogP contribution in [-0.2, 0) is 16.6 Å². The van der Waals surface area contributed by atoms with Gasteiger partial charge in [-0.15, -0.1) is 0 Å². The second-order valence-electron chi connectivity index (χ2n) is 6.95. The molecule has 0 saturated carbocycles. The van der Waals surface area contributed by atoms with E-state index in [0.717, 1.165) is 17.7 Å². The van der Waals surface area contributed by atoms with Crippen LogP contribution >= 0.6 is 11.6 Å². The van der Waals surface area contributed by atoms with Gasteiger partial charge in [-0.2, -0.15) is 0 Å². The Morgan fingerprint density at radius 3 is 2.58 bits per heavy atom. The van der Waals surface area contributed by atoms with Gasteiger partial charge in [0.05, 0.1) is 19.3 Å². The first-order chi connectivity index (χ1) is 12.5. The van der Waals surface area contributed by atoms with Crippen LogP contribution in [0, 0.1) is 17.6 Å². The zero-order valence-electron chi connectivity index (χ0n) is 14.1. The third-order valence-electron chi connectivity index (χ3n) is 5.62. The van der Waals surface area contributed by atoms with Gasteiger partial charge in [0.15, 0.2) is 11.6 Å². The Balaban J connectivity index is 1.88. The minimum absolute atomic E-state index is 0.0196. The molecule has 3 atom stereocenters. The molecule has 2 aromatic carbocycles. The molecule has 0 amide bonds. The molecule has 0 bridgehead atoms. The van der Waals surface area contributed by atoms with Gasteiger partial charge in [-0.1, -0.05) is 23.7 Å². The highest BCUT2D eigenvalue weighted by molar-refractivity contribution is 6.30. The van der Waals surface area contributed by atoms with Gasteiger partial charge in [-0.25, -0.2) is 8.78 Å². The maximum atomic E-state index is 14.9. The molecule has 0 aliphatic carbocycles. The van der Waals surface area contributed by atoms with E-state index >= 15 is 0 Å². The number of rotatable bonds is 3. The Bertz CT molecular complexity index is 811. The molecule has 3 nitrogen and oxygen atoms in total. The lowest BCUT2D eigenvalue weighted by molar-refractivity contribution is -0.114. The zero-order chi connectivity index (χ0) is 18.3. The van der Waals surface area contributed by atoms with Crippen LogP contribution in [0.15, 0.2) is 36.4 Å². The lowest BCUT2D eigenvalue weighted by Gasteiger charge is -2.51. The van der Waals surface area contributed by atoms with Gasteiger partial charge >= 0.3 is 0 Å². The summed E-state index contributed by atoms with van der Waals surface area (Å²) < 4.78 is 40.5. The predicted octanol–water partition coefficient (Wildman–Crippen LogP) is 3.89. The first-order valence-electron chi connectivity index (χ1n) is 8.63. The van der Waals surface area contributed by atoms with E-state index in [0.29, 0.717) is 24.5 Å². The first kappa shape index (κ1) is 17.7. The van der Waals surface area contributed by atoms with E-state index in [2.05, 4.69) is 0 Å². The molecule has 1 saturated heterocycles. The lowest BCUT2D eigenvalue weighted by atomic mass is 9.60. The summed E-state index contributed by atoms with van der Waals surface area (Å²) >= 11 is 5.98. The number of halogens is 3. The smallest absolute Gasteiger partial charge is 0.165 e. The largest absolute Gasteiger partial charge is 0.490 e. The highest BCUT2D eigenvalue weighted by Crippen LogP contribution is 2.52. The Kier molecular flexibility index (Phi) is 4.63. The fourth-order valence-electron chi connectivity index (χ4n) is 4.39. The molecule has 1 N–H and O–H groups in total. The number of fused-ring (bicyclic) bond motifs is 3. The number of aliphatic hydroxyl groups is 1. The van der Waals surface area contributed by atoms with Crippen LogP contribution in [0.4, 0.5) is 8.78 Å². The van der Waals surface area contributed by atoms with E-state index in [-0.39, 0.29) is 30.4 Å². The lowest BCUT2D eigenvalue weighted by Crippen LogP contribution is -2.55. The summed E-state index contributed by atoms with van der Waals surface area (Å²) in [7, 11) is 0. The Morgan fingerprint density at radius 1 is 1.12 bits per heavy atom. The van der Waals surface area contributed by atoms with Crippen LogP contribution in [0.3, 0.4) is 0 Å². The third kappa shape index (κ3) is 2.79. The first-order valence-corrected chi connectivity index (χ1v) is 9.01. The van der Waals surface area contributed by atoms with Gasteiger partial charge in [0, 0.05) is 28.5 Å². The second-order valence-corrected chi connectivity index (χ2v) is 7.39. The fraction of sp³-hybridized carbons (Fsp3) is 0.400. The summed E-state index contributed by atoms with van der Waals surface area (Å²) in [6.45, 7) is 0.347. The summed E-state index contributed by atoms with van der Waals surface area (Å²) in [6.07, 6.45) is 0.533. The monoisotopic (exact) mass is 380 g/mol. The molecule has 1 fully saturated rings. The number of aliphatic hydroxyl groups excluding tert-OH is 1. The van der Waals surface area contributed by atoms with Crippen molar-refractivity contribution >= 4 is 11.6 Å². The van der Waals surface area contributed by atoms with E-state index in [1.165, 1.54) is 0 Å². The van der Waals surface area contributed by atoms with Crippen molar-refractivity contribution < 1.29 is 23.4 Å². The van der Waals surface area contributed by atoms with E-state index in [4.69, 9.17) is 21.1 Å². The molecule has 3 unspecified atom stereocenters. The molecule has 2 heterocycles. The van der Waals surface area contributed by atoms with Crippen molar-refractivity contribution in [3.05, 3.63) is 64.2 Å². The van der Waals surface area contributed by atoms with Crippen molar-refractivity contribution in [3.63, 3.8) is 0 Å². The number of hydrogen-bond acceptors (Lipinski definition) is 3. The van der Waals surface area contributed by atoms with Crippen molar-refractivity contribution in [2.75, 3.05) is 19.8 Å². The van der Waals surface area contributed by atoms with Gasteiger partial charge in [0.25, 0.3) is 0 Å². The van der Waals surface area contributed by atoms with Crippen LogP contribution in [0.2, 0.25) is 5.02 Å². The highest BCUT2D eigenvalue weighted by Gasteiger charge is 2.53. The standard InChI is InChI=1S/C20H19ClF2O3/c21-13-3-1-12(2-4-13)9-20-7-8-25-17(10-24)14(20)11-26-19-16(23)6-5-15(22)18(19)20/h1-6,14,17,24H,7-11H2. The van der Waals surface area contributed by atoms with Crippen LogP contribution in [0.25, 0.3) is 0 Å². The molecule has 2 aliphatic heterocycles. The minimum Gasteiger partial charge on any atom is -0.490 e. The van der Waals surface area contributed by atoms with E-state index in [9.17, 15) is 13.9 Å². The summed E-state index contributed by atoms with van der Waals surface area (Å²) in [5, 5.41) is 10.4. The summed E-state index contributed by atoms with van der Waals surface area (Å²) in [5.41, 5.74) is 0.513. The van der Waals surface area contributed by atoms with Crippen molar-refractivity contribution in [2.24, 2.45) is 5.92 Å². The highest BCUT2D eigenvalue weighted by atomic mass is 35.5. The molecule has 138 valence electrons. The second kappa shape index (κ2) is 6.80. The van der Waals surface area contributed by atoms with Gasteiger partial charge in [-0.05, 0) is 42.7 Å². The Labute approximate surface area is 155 Å². The predicted molar refractivity (Wildman–Crippen MR) is 93.6 cm³/mol. The molecule has 26 heavy (non-hydrogen) atoms. The SMILES string of the molecule is OCC1OCCC2(Cc3ccc(Cl)cc3)c3c(F)ccc(F)c3OCC12. The Hall–Kier alpha value is -1.69. The number of ether oxygens (including phenoxy) is 2. The van der Waals surface area contributed by atoms with Crippen LogP contribution in [0.5, 0.6) is 5.75 Å². The van der Waals surface area contributed by atoms with Gasteiger partial charge < -0.3 is 14.6 Å². The average Bonchev–Trinajstić information content (AvgIpc) is 2.65. The number of benzene rings is 2. The molecule has 0 aromatic heterocycles. The third-order valence-corrected chi connectivity index (χ3v) is 5.87. The normalized spacial score (nSPS) is 27.4. The minimum atomic E-state index is -0.709. The number of hydrogen-bond donors (Lipinski definition) is 1. The van der Waals surface area contributed by atoms with Crippen LogP contribution in [0.1, 0.15) is 17.5 Å². The summed E-state index contributed by atoms with van der Waals surface area (Å²) in [5.74, 6) is -1.35. The molecule has 0 radical (unpaired) electrons. The molecule has 4 rings (SSSR count). The van der Waals surface area contributed by atoms with Crippen LogP contribution < -0.4 is 4.74 Å². The Morgan fingerprint density at radius 2 is 1.85 bits per heavy atom. The van der Waals surface area contributed by atoms with Crippen molar-refractivity contribution in [2.45, 2.75) is 24.4 Å². The zero-order valence-corrected chi connectivity index (χ0v) is 14.8. The van der Waals surface area contributed by atoms with Crippen molar-refractivity contribution in [1.29, 1.82) is 0 Å². The van der Waals surface area contributed by atoms with Crippen molar-refractivity contribution in [3.8, 4) is 5.75 Å². The maximum absolute atomic E-state index is 14.9. The quantitative estimate of drug-likeness (QED) is 0.878. The van der Waals surface area contributed by atoms with E-state index in [1.54, 1.807) is 12.1 Å². The maximum Gasteiger partial charge on any atom is 0.165 e. The van der Waals surface area contributed by atoms with Gasteiger partial charge in [0.1, 0.15) is 5.82 Å². The molecule has 6 heteroatoms. The van der Waals surface area contributed by atoms with Gasteiger partial charge in [0.2, 0.25) is 0 Å². The fourth-order valence-corrected chi connectivity index (χ4v) is 4.52. The molecular formula is C20H19ClF2O3. The van der Waals surface area contributed by atoms with E-state index < -0.39 is 23.2 Å². The molecular weight excluding hydrogens is 362 g/mol. The van der Waals surface area contributed by atoms with Gasteiger partial charge in [-0.3, -0.25) is 0 Å². The van der Waals surface area contributed by atoms with E-state index in [1.807, 2.05) is 12.1 Å². The van der Waals surface area contributed by atoms with Crippen molar-refractivity contribution in [1.82, 2.24) is 0 Å². The molecule has 2 aromatic rings. The van der Waals surface area contributed by atoms with Crippen LogP contribution in [-0.4, -0.2) is 31.0 Å². The summed E-state index contributed by atoms with van der Waals surface area (Å²) in [4.78, 5) is 0. The topological polar surface area (TPSA) is 38.7 Å².